The molecule has 0 amide bonds. The van der Waals surface area contributed by atoms with Crippen LogP contribution < -0.4 is 0 Å². The van der Waals surface area contributed by atoms with E-state index in [4.69, 9.17) is 0 Å². The summed E-state index contributed by atoms with van der Waals surface area (Å²) in [6.45, 7) is 4.18. The first kappa shape index (κ1) is 13.6. The quantitative estimate of drug-likeness (QED) is 0.536. The average molecular weight is 233 g/mol. The Balaban J connectivity index is 2.97. The van der Waals surface area contributed by atoms with Crippen molar-refractivity contribution < 1.29 is 13.4 Å². The van der Waals surface area contributed by atoms with Gasteiger partial charge in [0.1, 0.15) is 5.70 Å². The third kappa shape index (κ3) is 3.25. The highest BCUT2D eigenvalue weighted by atomic mass is 19.3. The molecule has 0 saturated heterocycles. The van der Waals surface area contributed by atoms with Gasteiger partial charge in [-0.1, -0.05) is 6.42 Å². The molecule has 0 saturated carbocycles. The van der Waals surface area contributed by atoms with Crippen molar-refractivity contribution in [3.8, 4) is 0 Å². The molecule has 0 N–H and O–H groups in total. The first-order chi connectivity index (χ1) is 7.43. The van der Waals surface area contributed by atoms with Gasteiger partial charge < -0.3 is 9.85 Å². The Hall–Kier alpha value is -0.480. The Morgan fingerprint density at radius 1 is 1.25 bits per heavy atom. The summed E-state index contributed by atoms with van der Waals surface area (Å²) in [7, 11) is 0. The van der Waals surface area contributed by atoms with Crippen LogP contribution in [0.5, 0.6) is 0 Å². The van der Waals surface area contributed by atoms with E-state index in [1.807, 2.05) is 0 Å². The van der Waals surface area contributed by atoms with Crippen molar-refractivity contribution in [1.29, 1.82) is 0 Å². The first-order valence-electron chi connectivity index (χ1n) is 6.12. The molecule has 0 aromatic heterocycles. The maximum atomic E-state index is 13.5. The Bertz CT molecular complexity index is 260. The van der Waals surface area contributed by atoms with Crippen LogP contribution in [0.2, 0.25) is 0 Å². The number of hydrogen-bond acceptors (Lipinski definition) is 1. The van der Waals surface area contributed by atoms with Gasteiger partial charge in [0.05, 0.1) is 13.1 Å². The predicted octanol–water partition coefficient (Wildman–Crippen LogP) is 3.82. The van der Waals surface area contributed by atoms with E-state index in [-0.39, 0.29) is 6.42 Å². The molecule has 1 rings (SSSR count). The highest BCUT2D eigenvalue weighted by Crippen LogP contribution is 2.32. The Morgan fingerprint density at radius 2 is 1.88 bits per heavy atom. The molecule has 0 aromatic carbocycles. The first-order valence-corrected chi connectivity index (χ1v) is 6.12. The molecular weight excluding hydrogens is 212 g/mol. The van der Waals surface area contributed by atoms with Gasteiger partial charge in [0.15, 0.2) is 0 Å². The minimum Gasteiger partial charge on any atom is -0.628 e. The summed E-state index contributed by atoms with van der Waals surface area (Å²) in [5.41, 5.74) is 0.370. The predicted molar refractivity (Wildman–Crippen MR) is 60.8 cm³/mol. The topological polar surface area (TPSA) is 23.1 Å². The van der Waals surface area contributed by atoms with E-state index in [0.717, 1.165) is 18.9 Å². The Morgan fingerprint density at radius 3 is 2.44 bits per heavy atom. The van der Waals surface area contributed by atoms with Crippen molar-refractivity contribution >= 4 is 0 Å². The number of halogens is 2. The minimum absolute atomic E-state index is 0.121. The van der Waals surface area contributed by atoms with Gasteiger partial charge in [0.25, 0.3) is 5.92 Å². The molecule has 0 atom stereocenters. The second-order valence-electron chi connectivity index (χ2n) is 4.48. The summed E-state index contributed by atoms with van der Waals surface area (Å²) in [5.74, 6) is -2.80. The summed E-state index contributed by atoms with van der Waals surface area (Å²) in [4.78, 5) is 0. The number of alkyl halides is 2. The van der Waals surface area contributed by atoms with Crippen LogP contribution in [0.3, 0.4) is 0 Å². The van der Waals surface area contributed by atoms with Crippen LogP contribution in [0.4, 0.5) is 8.78 Å². The zero-order chi connectivity index (χ0) is 12.2. The smallest absolute Gasteiger partial charge is 0.272 e. The normalized spacial score (nSPS) is 25.4. The van der Waals surface area contributed by atoms with Crippen molar-refractivity contribution in [2.45, 2.75) is 51.9 Å². The zero-order valence-corrected chi connectivity index (χ0v) is 10.1. The number of nitrogens with zero attached hydrogens (tertiary/aromatic N) is 1. The lowest BCUT2D eigenvalue weighted by atomic mass is 10.0. The maximum absolute atomic E-state index is 13.5. The van der Waals surface area contributed by atoms with Crippen molar-refractivity contribution in [1.82, 2.24) is 0 Å². The van der Waals surface area contributed by atoms with E-state index < -0.39 is 10.6 Å². The fourth-order valence-corrected chi connectivity index (χ4v) is 2.18. The van der Waals surface area contributed by atoms with E-state index >= 15 is 0 Å². The number of allylic oxidation sites excluding steroid dienone is 2. The fourth-order valence-electron chi connectivity index (χ4n) is 2.18. The highest BCUT2D eigenvalue weighted by molar-refractivity contribution is 5.04. The van der Waals surface area contributed by atoms with Crippen molar-refractivity contribution in [3.05, 3.63) is 17.0 Å². The molecule has 0 spiro atoms. The van der Waals surface area contributed by atoms with Crippen molar-refractivity contribution in [2.24, 2.45) is 0 Å². The molecule has 94 valence electrons. The molecule has 1 aliphatic rings. The molecule has 0 bridgehead atoms. The van der Waals surface area contributed by atoms with Gasteiger partial charge in [-0.2, -0.15) is 0 Å². The summed E-state index contributed by atoms with van der Waals surface area (Å²) in [6.07, 6.45) is 3.52. The van der Waals surface area contributed by atoms with Gasteiger partial charge in [-0.15, -0.1) is 0 Å². The van der Waals surface area contributed by atoms with Gasteiger partial charge in [0, 0.05) is 18.9 Å². The van der Waals surface area contributed by atoms with Crippen LogP contribution in [0.25, 0.3) is 0 Å². The average Bonchev–Trinajstić information content (AvgIpc) is 2.23. The Kier molecular flexibility index (Phi) is 4.44. The summed E-state index contributed by atoms with van der Waals surface area (Å²) in [5, 5.41) is 12.3. The minimum atomic E-state index is -2.80. The lowest BCUT2D eigenvalue weighted by Gasteiger charge is -2.43. The molecule has 2 nitrogen and oxygen atoms in total. The molecule has 0 fully saturated rings. The van der Waals surface area contributed by atoms with Crippen LogP contribution in [0, 0.1) is 5.21 Å². The maximum Gasteiger partial charge on any atom is 0.272 e. The third-order valence-corrected chi connectivity index (χ3v) is 3.37. The molecule has 0 aliphatic heterocycles. The van der Waals surface area contributed by atoms with Gasteiger partial charge >= 0.3 is 0 Å². The molecular formula is C12H21F2NO. The number of hydroxylamine groups is 3. The van der Waals surface area contributed by atoms with Gasteiger partial charge in [-0.25, -0.2) is 8.78 Å². The molecule has 0 unspecified atom stereocenters. The molecule has 16 heavy (non-hydrogen) atoms. The third-order valence-electron chi connectivity index (χ3n) is 3.37. The van der Waals surface area contributed by atoms with Crippen LogP contribution in [-0.4, -0.2) is 23.7 Å². The number of quaternary nitrogens is 1. The van der Waals surface area contributed by atoms with E-state index in [0.29, 0.717) is 31.6 Å². The SMILES string of the molecule is CC[N+]([O-])(CC)/C1=C/C(F)(F)CCCCC1. The van der Waals surface area contributed by atoms with Crippen molar-refractivity contribution in [3.63, 3.8) is 0 Å². The van der Waals surface area contributed by atoms with E-state index in [2.05, 4.69) is 0 Å². The van der Waals surface area contributed by atoms with Crippen LogP contribution in [0.15, 0.2) is 11.8 Å². The highest BCUT2D eigenvalue weighted by Gasteiger charge is 2.32. The lowest BCUT2D eigenvalue weighted by Crippen LogP contribution is -2.41. The number of rotatable bonds is 3. The molecule has 0 radical (unpaired) electrons. The molecule has 0 aromatic rings. The second kappa shape index (κ2) is 5.23. The van der Waals surface area contributed by atoms with Crippen molar-refractivity contribution in [2.75, 3.05) is 13.1 Å². The van der Waals surface area contributed by atoms with Gasteiger partial charge in [-0.3, -0.25) is 0 Å². The standard InChI is InChI=1S/C12H21F2NO/c1-3-15(16,4-2)11-8-6-5-7-9-12(13,14)10-11/h10H,3-9H2,1-2H3/b11-10+. The summed E-state index contributed by atoms with van der Waals surface area (Å²) in [6, 6.07) is 0. The fraction of sp³-hybridized carbons (Fsp3) is 0.833. The molecule has 1 aliphatic carbocycles. The second-order valence-corrected chi connectivity index (χ2v) is 4.48. The van der Waals surface area contributed by atoms with E-state index in [1.165, 1.54) is 0 Å². The monoisotopic (exact) mass is 233 g/mol. The van der Waals surface area contributed by atoms with Crippen LogP contribution in [-0.2, 0) is 0 Å². The van der Waals surface area contributed by atoms with Crippen LogP contribution >= 0.6 is 0 Å². The van der Waals surface area contributed by atoms with Gasteiger partial charge in [0.2, 0.25) is 0 Å². The number of hydrogen-bond donors (Lipinski definition) is 0. The molecule has 0 heterocycles. The van der Waals surface area contributed by atoms with E-state index in [1.54, 1.807) is 13.8 Å². The van der Waals surface area contributed by atoms with E-state index in [9.17, 15) is 14.0 Å². The summed E-state index contributed by atoms with van der Waals surface area (Å²) < 4.78 is 26.4. The summed E-state index contributed by atoms with van der Waals surface area (Å²) >= 11 is 0. The Labute approximate surface area is 96.1 Å². The lowest BCUT2D eigenvalue weighted by molar-refractivity contribution is -0.840. The largest absolute Gasteiger partial charge is 0.628 e. The van der Waals surface area contributed by atoms with Crippen LogP contribution in [0.1, 0.15) is 46.0 Å². The van der Waals surface area contributed by atoms with Gasteiger partial charge in [-0.05, 0) is 26.7 Å². The zero-order valence-electron chi connectivity index (χ0n) is 10.1. The molecule has 4 heteroatoms.